The lowest BCUT2D eigenvalue weighted by molar-refractivity contribution is -0.130. The molecule has 3 nitrogen and oxygen atoms in total. The average Bonchev–Trinajstić information content (AvgIpc) is 2.72. The quantitative estimate of drug-likeness (QED) is 0.718. The predicted octanol–water partition coefficient (Wildman–Crippen LogP) is 1.14. The van der Waals surface area contributed by atoms with Crippen LogP contribution < -0.4 is 5.32 Å². The molecule has 0 radical (unpaired) electrons. The zero-order valence-corrected chi connectivity index (χ0v) is 8.80. The van der Waals surface area contributed by atoms with E-state index in [1.165, 1.54) is 32.1 Å². The molecule has 80 valence electrons. The van der Waals surface area contributed by atoms with Crippen molar-refractivity contribution in [3.63, 3.8) is 0 Å². The molecule has 2 saturated heterocycles. The highest BCUT2D eigenvalue weighted by atomic mass is 16.2. The van der Waals surface area contributed by atoms with Crippen LogP contribution in [0.5, 0.6) is 0 Å². The molecular formula is C11H20N2O. The molecule has 0 aromatic heterocycles. The van der Waals surface area contributed by atoms with Crippen molar-refractivity contribution in [2.45, 2.75) is 44.6 Å². The summed E-state index contributed by atoms with van der Waals surface area (Å²) in [6.07, 6.45) is 6.85. The zero-order valence-electron chi connectivity index (χ0n) is 8.80. The number of hydrogen-bond acceptors (Lipinski definition) is 2. The molecule has 0 bridgehead atoms. The van der Waals surface area contributed by atoms with Gasteiger partial charge in [0.25, 0.3) is 0 Å². The Morgan fingerprint density at radius 1 is 1.21 bits per heavy atom. The fourth-order valence-electron chi connectivity index (χ4n) is 2.40. The third-order valence-electron chi connectivity index (χ3n) is 3.29. The van der Waals surface area contributed by atoms with E-state index in [1.807, 2.05) is 4.90 Å². The number of nitrogens with zero attached hydrogens (tertiary/aromatic N) is 1. The minimum Gasteiger partial charge on any atom is -0.343 e. The van der Waals surface area contributed by atoms with E-state index < -0.39 is 0 Å². The number of piperidine rings is 1. The van der Waals surface area contributed by atoms with Crippen LogP contribution in [-0.4, -0.2) is 36.5 Å². The Bertz CT molecular complexity index is 193. The second kappa shape index (κ2) is 4.78. The van der Waals surface area contributed by atoms with Gasteiger partial charge in [-0.25, -0.2) is 0 Å². The van der Waals surface area contributed by atoms with Gasteiger partial charge in [0.05, 0.1) is 0 Å². The molecule has 2 fully saturated rings. The summed E-state index contributed by atoms with van der Waals surface area (Å²) in [5, 5.41) is 3.43. The Labute approximate surface area is 85.8 Å². The maximum atomic E-state index is 11.8. The van der Waals surface area contributed by atoms with Gasteiger partial charge >= 0.3 is 0 Å². The first-order chi connectivity index (χ1) is 6.86. The Morgan fingerprint density at radius 2 is 2.00 bits per heavy atom. The smallest absolute Gasteiger partial charge is 0.224 e. The van der Waals surface area contributed by atoms with E-state index in [1.54, 1.807) is 0 Å². The van der Waals surface area contributed by atoms with Gasteiger partial charge in [0, 0.05) is 25.6 Å². The number of nitrogens with one attached hydrogen (secondary N) is 1. The van der Waals surface area contributed by atoms with Gasteiger partial charge in [-0.1, -0.05) is 6.42 Å². The molecule has 14 heavy (non-hydrogen) atoms. The summed E-state index contributed by atoms with van der Waals surface area (Å²) in [5.74, 6) is 0.363. The molecule has 2 rings (SSSR count). The SMILES string of the molecule is O=C(C[C@H]1CCCCN1)N1CCCC1. The van der Waals surface area contributed by atoms with Crippen molar-refractivity contribution in [3.8, 4) is 0 Å². The lowest BCUT2D eigenvalue weighted by Gasteiger charge is -2.25. The van der Waals surface area contributed by atoms with E-state index in [2.05, 4.69) is 5.32 Å². The predicted molar refractivity (Wildman–Crippen MR) is 56.1 cm³/mol. The monoisotopic (exact) mass is 196 g/mol. The normalized spacial score (nSPS) is 28.0. The number of carbonyl (C=O) groups is 1. The van der Waals surface area contributed by atoms with Crippen LogP contribution in [0.2, 0.25) is 0 Å². The average molecular weight is 196 g/mol. The third-order valence-corrected chi connectivity index (χ3v) is 3.29. The standard InChI is InChI=1S/C11H20N2O/c14-11(13-7-3-4-8-13)9-10-5-1-2-6-12-10/h10,12H,1-9H2/t10-/m1/s1. The molecule has 1 atom stereocenters. The van der Waals surface area contributed by atoms with Crippen molar-refractivity contribution < 1.29 is 4.79 Å². The number of carbonyl (C=O) groups excluding carboxylic acids is 1. The van der Waals surface area contributed by atoms with Gasteiger partial charge in [-0.05, 0) is 32.2 Å². The van der Waals surface area contributed by atoms with Crippen molar-refractivity contribution in [2.75, 3.05) is 19.6 Å². The summed E-state index contributed by atoms with van der Waals surface area (Å²) in [6, 6.07) is 0.455. The molecule has 2 heterocycles. The number of rotatable bonds is 2. The second-order valence-corrected chi connectivity index (χ2v) is 4.44. The summed E-state index contributed by atoms with van der Waals surface area (Å²) >= 11 is 0. The van der Waals surface area contributed by atoms with Gasteiger partial charge in [0.2, 0.25) is 5.91 Å². The van der Waals surface area contributed by atoms with Crippen LogP contribution >= 0.6 is 0 Å². The van der Waals surface area contributed by atoms with E-state index in [0.717, 1.165) is 26.1 Å². The molecule has 0 aromatic carbocycles. The van der Waals surface area contributed by atoms with E-state index >= 15 is 0 Å². The number of likely N-dealkylation sites (tertiary alicyclic amines) is 1. The molecule has 1 amide bonds. The van der Waals surface area contributed by atoms with Crippen molar-refractivity contribution in [3.05, 3.63) is 0 Å². The Morgan fingerprint density at radius 3 is 2.64 bits per heavy atom. The summed E-state index contributed by atoms with van der Waals surface area (Å²) in [5.41, 5.74) is 0. The van der Waals surface area contributed by atoms with Gasteiger partial charge < -0.3 is 10.2 Å². The lowest BCUT2D eigenvalue weighted by Crippen LogP contribution is -2.39. The molecular weight excluding hydrogens is 176 g/mol. The van der Waals surface area contributed by atoms with Gasteiger partial charge in [-0.2, -0.15) is 0 Å². The Balaban J connectivity index is 1.75. The van der Waals surface area contributed by atoms with Crippen LogP contribution in [0, 0.1) is 0 Å². The van der Waals surface area contributed by atoms with Gasteiger partial charge in [-0.3, -0.25) is 4.79 Å². The van der Waals surface area contributed by atoms with Crippen LogP contribution in [0.3, 0.4) is 0 Å². The molecule has 0 aromatic rings. The van der Waals surface area contributed by atoms with E-state index in [-0.39, 0.29) is 0 Å². The summed E-state index contributed by atoms with van der Waals surface area (Å²) in [4.78, 5) is 13.8. The van der Waals surface area contributed by atoms with Gasteiger partial charge in [0.1, 0.15) is 0 Å². The van der Waals surface area contributed by atoms with Crippen molar-refractivity contribution in [1.29, 1.82) is 0 Å². The fraction of sp³-hybridized carbons (Fsp3) is 0.909. The largest absolute Gasteiger partial charge is 0.343 e. The molecule has 2 aliphatic heterocycles. The summed E-state index contributed by atoms with van der Waals surface area (Å²) < 4.78 is 0. The van der Waals surface area contributed by atoms with Crippen LogP contribution in [0.15, 0.2) is 0 Å². The Hall–Kier alpha value is -0.570. The molecule has 0 saturated carbocycles. The van der Waals surface area contributed by atoms with Gasteiger partial charge in [0.15, 0.2) is 0 Å². The second-order valence-electron chi connectivity index (χ2n) is 4.44. The molecule has 1 N–H and O–H groups in total. The molecule has 2 aliphatic rings. The first-order valence-corrected chi connectivity index (χ1v) is 5.87. The maximum absolute atomic E-state index is 11.8. The highest BCUT2D eigenvalue weighted by molar-refractivity contribution is 5.77. The molecule has 0 spiro atoms. The van der Waals surface area contributed by atoms with Crippen LogP contribution in [-0.2, 0) is 4.79 Å². The van der Waals surface area contributed by atoms with Crippen LogP contribution in [0.25, 0.3) is 0 Å². The number of amides is 1. The molecule has 0 unspecified atom stereocenters. The van der Waals surface area contributed by atoms with Gasteiger partial charge in [-0.15, -0.1) is 0 Å². The Kier molecular flexibility index (Phi) is 3.40. The minimum absolute atomic E-state index is 0.363. The molecule has 0 aliphatic carbocycles. The summed E-state index contributed by atoms with van der Waals surface area (Å²) in [7, 11) is 0. The minimum atomic E-state index is 0.363. The van der Waals surface area contributed by atoms with Crippen molar-refractivity contribution in [1.82, 2.24) is 10.2 Å². The first-order valence-electron chi connectivity index (χ1n) is 5.87. The molecule has 3 heteroatoms. The first kappa shape index (κ1) is 9.97. The zero-order chi connectivity index (χ0) is 9.80. The highest BCUT2D eigenvalue weighted by Gasteiger charge is 2.22. The van der Waals surface area contributed by atoms with E-state index in [4.69, 9.17) is 0 Å². The van der Waals surface area contributed by atoms with Crippen molar-refractivity contribution >= 4 is 5.91 Å². The van der Waals surface area contributed by atoms with E-state index in [9.17, 15) is 4.79 Å². The van der Waals surface area contributed by atoms with E-state index in [0.29, 0.717) is 11.9 Å². The lowest BCUT2D eigenvalue weighted by atomic mass is 10.0. The summed E-state index contributed by atoms with van der Waals surface area (Å²) in [6.45, 7) is 3.08. The fourth-order valence-corrected chi connectivity index (χ4v) is 2.40. The van der Waals surface area contributed by atoms with Crippen LogP contribution in [0.1, 0.15) is 38.5 Å². The van der Waals surface area contributed by atoms with Crippen molar-refractivity contribution in [2.24, 2.45) is 0 Å². The topological polar surface area (TPSA) is 32.3 Å². The highest BCUT2D eigenvalue weighted by Crippen LogP contribution is 2.14. The maximum Gasteiger partial charge on any atom is 0.224 e. The van der Waals surface area contributed by atoms with Crippen LogP contribution in [0.4, 0.5) is 0 Å². The number of hydrogen-bond donors (Lipinski definition) is 1. The third kappa shape index (κ3) is 2.47.